The second-order valence-corrected chi connectivity index (χ2v) is 5.62. The van der Waals surface area contributed by atoms with Crippen LogP contribution in [0.4, 0.5) is 0 Å². The summed E-state index contributed by atoms with van der Waals surface area (Å²) >= 11 is 1.75. The first-order chi connectivity index (χ1) is 8.86. The smallest absolute Gasteiger partial charge is 0.123 e. The number of hydrogen-bond donors (Lipinski definition) is 1. The molecular formula is C15H18N2S. The van der Waals surface area contributed by atoms with Gasteiger partial charge in [-0.3, -0.25) is 0 Å². The van der Waals surface area contributed by atoms with Gasteiger partial charge in [-0.05, 0) is 43.0 Å². The van der Waals surface area contributed by atoms with E-state index < -0.39 is 0 Å². The molecule has 1 aliphatic rings. The van der Waals surface area contributed by atoms with Gasteiger partial charge in [0.05, 0.1) is 5.69 Å². The Bertz CT molecular complexity index is 545. The Hall–Kier alpha value is -1.19. The third-order valence-corrected chi connectivity index (χ3v) is 4.39. The van der Waals surface area contributed by atoms with Crippen molar-refractivity contribution in [1.82, 2.24) is 10.3 Å². The fraction of sp³-hybridized carbons (Fsp3) is 0.400. The largest absolute Gasteiger partial charge is 0.311 e. The van der Waals surface area contributed by atoms with Gasteiger partial charge in [0.2, 0.25) is 0 Å². The van der Waals surface area contributed by atoms with Crippen LogP contribution in [-0.2, 0) is 19.4 Å². The molecule has 0 saturated carbocycles. The van der Waals surface area contributed by atoms with E-state index >= 15 is 0 Å². The van der Waals surface area contributed by atoms with E-state index in [-0.39, 0.29) is 0 Å². The molecule has 1 N–H and O–H groups in total. The number of fused-ring (bicyclic) bond motifs is 1. The Balaban J connectivity index is 1.83. The third kappa shape index (κ3) is 2.33. The molecule has 94 valence electrons. The van der Waals surface area contributed by atoms with Gasteiger partial charge in [0.15, 0.2) is 0 Å². The predicted molar refractivity (Wildman–Crippen MR) is 77.0 cm³/mol. The van der Waals surface area contributed by atoms with Crippen molar-refractivity contribution in [3.8, 4) is 10.6 Å². The molecule has 0 bridgehead atoms. The van der Waals surface area contributed by atoms with Gasteiger partial charge in [-0.25, -0.2) is 4.98 Å². The first-order valence-corrected chi connectivity index (χ1v) is 7.52. The third-order valence-electron chi connectivity index (χ3n) is 3.45. The number of nitrogens with one attached hydrogen (secondary N) is 1. The lowest BCUT2D eigenvalue weighted by Crippen LogP contribution is -2.11. The maximum Gasteiger partial charge on any atom is 0.123 e. The summed E-state index contributed by atoms with van der Waals surface area (Å²) in [6.07, 6.45) is 3.79. The van der Waals surface area contributed by atoms with Crippen molar-refractivity contribution in [2.45, 2.75) is 32.7 Å². The van der Waals surface area contributed by atoms with E-state index in [1.165, 1.54) is 36.0 Å². The molecule has 0 saturated heterocycles. The molecule has 3 heteroatoms. The molecule has 2 nitrogen and oxygen atoms in total. The normalized spacial score (nSPS) is 13.8. The predicted octanol–water partition coefficient (Wildman–Crippen LogP) is 3.41. The average molecular weight is 258 g/mol. The van der Waals surface area contributed by atoms with Crippen molar-refractivity contribution in [2.75, 3.05) is 6.54 Å². The van der Waals surface area contributed by atoms with Crippen LogP contribution in [0.25, 0.3) is 10.6 Å². The van der Waals surface area contributed by atoms with Crippen LogP contribution in [0, 0.1) is 0 Å². The Morgan fingerprint density at radius 1 is 1.28 bits per heavy atom. The van der Waals surface area contributed by atoms with E-state index in [0.717, 1.165) is 23.8 Å². The van der Waals surface area contributed by atoms with Crippen LogP contribution >= 0.6 is 11.3 Å². The molecule has 0 spiro atoms. The molecule has 0 fully saturated rings. The molecule has 0 aliphatic heterocycles. The molecular weight excluding hydrogens is 240 g/mol. The van der Waals surface area contributed by atoms with Crippen molar-refractivity contribution in [2.24, 2.45) is 0 Å². The van der Waals surface area contributed by atoms with Gasteiger partial charge >= 0.3 is 0 Å². The van der Waals surface area contributed by atoms with Crippen molar-refractivity contribution >= 4 is 11.3 Å². The number of aromatic nitrogens is 1. The molecule has 1 aromatic heterocycles. The summed E-state index contributed by atoms with van der Waals surface area (Å²) in [4.78, 5) is 4.70. The highest BCUT2D eigenvalue weighted by atomic mass is 32.1. The van der Waals surface area contributed by atoms with E-state index in [1.807, 2.05) is 0 Å². The SMILES string of the molecule is CCNCc1csc(-c2ccc3c(c2)CCC3)n1. The zero-order valence-corrected chi connectivity index (χ0v) is 11.5. The van der Waals surface area contributed by atoms with E-state index in [4.69, 9.17) is 4.98 Å². The van der Waals surface area contributed by atoms with Gasteiger partial charge in [0, 0.05) is 17.5 Å². The van der Waals surface area contributed by atoms with E-state index in [9.17, 15) is 0 Å². The Morgan fingerprint density at radius 3 is 3.06 bits per heavy atom. The Kier molecular flexibility index (Phi) is 3.43. The van der Waals surface area contributed by atoms with Gasteiger partial charge in [-0.2, -0.15) is 0 Å². The minimum absolute atomic E-state index is 0.873. The minimum Gasteiger partial charge on any atom is -0.311 e. The fourth-order valence-electron chi connectivity index (χ4n) is 2.48. The van der Waals surface area contributed by atoms with Crippen LogP contribution in [0.2, 0.25) is 0 Å². The summed E-state index contributed by atoms with van der Waals surface area (Å²) < 4.78 is 0. The summed E-state index contributed by atoms with van der Waals surface area (Å²) in [6.45, 7) is 3.98. The lowest BCUT2D eigenvalue weighted by atomic mass is 10.1. The number of thiazole rings is 1. The second-order valence-electron chi connectivity index (χ2n) is 4.76. The molecule has 3 rings (SSSR count). The highest BCUT2D eigenvalue weighted by molar-refractivity contribution is 7.13. The maximum absolute atomic E-state index is 4.70. The van der Waals surface area contributed by atoms with Crippen LogP contribution in [-0.4, -0.2) is 11.5 Å². The molecule has 0 amide bonds. The number of aryl methyl sites for hydroxylation is 2. The summed E-state index contributed by atoms with van der Waals surface area (Å²) in [5, 5.41) is 6.62. The molecule has 2 aromatic rings. The number of benzene rings is 1. The van der Waals surface area contributed by atoms with Gasteiger partial charge in [0.1, 0.15) is 5.01 Å². The fourth-order valence-corrected chi connectivity index (χ4v) is 3.30. The lowest BCUT2D eigenvalue weighted by molar-refractivity contribution is 0.715. The molecule has 1 aromatic carbocycles. The summed E-state index contributed by atoms with van der Waals surface area (Å²) in [5.74, 6) is 0. The topological polar surface area (TPSA) is 24.9 Å². The summed E-state index contributed by atoms with van der Waals surface area (Å²) in [5.41, 5.74) is 5.49. The lowest BCUT2D eigenvalue weighted by Gasteiger charge is -2.02. The molecule has 1 aliphatic carbocycles. The number of nitrogens with zero attached hydrogens (tertiary/aromatic N) is 1. The highest BCUT2D eigenvalue weighted by Crippen LogP contribution is 2.29. The minimum atomic E-state index is 0.873. The van der Waals surface area contributed by atoms with Crippen LogP contribution in [0.5, 0.6) is 0 Å². The zero-order valence-electron chi connectivity index (χ0n) is 10.7. The second kappa shape index (κ2) is 5.21. The summed E-state index contributed by atoms with van der Waals surface area (Å²) in [6, 6.07) is 6.83. The number of hydrogen-bond acceptors (Lipinski definition) is 3. The van der Waals surface area contributed by atoms with Gasteiger partial charge in [-0.1, -0.05) is 19.1 Å². The van der Waals surface area contributed by atoms with Crippen LogP contribution in [0.3, 0.4) is 0 Å². The van der Waals surface area contributed by atoms with E-state index in [2.05, 4.69) is 35.8 Å². The van der Waals surface area contributed by atoms with Gasteiger partial charge < -0.3 is 5.32 Å². The molecule has 1 heterocycles. The quantitative estimate of drug-likeness (QED) is 0.909. The van der Waals surface area contributed by atoms with Crippen LogP contribution in [0.15, 0.2) is 23.6 Å². The average Bonchev–Trinajstić information content (AvgIpc) is 3.04. The first kappa shape index (κ1) is 11.9. The van der Waals surface area contributed by atoms with Crippen LogP contribution < -0.4 is 5.32 Å². The molecule has 18 heavy (non-hydrogen) atoms. The Morgan fingerprint density at radius 2 is 2.17 bits per heavy atom. The zero-order chi connectivity index (χ0) is 12.4. The van der Waals surface area contributed by atoms with E-state index in [0.29, 0.717) is 0 Å². The Labute approximate surface area is 112 Å². The molecule has 0 radical (unpaired) electrons. The van der Waals surface area contributed by atoms with Gasteiger partial charge in [-0.15, -0.1) is 11.3 Å². The number of rotatable bonds is 4. The standard InChI is InChI=1S/C15H18N2S/c1-2-16-9-14-10-18-15(17-14)13-7-6-11-4-3-5-12(11)8-13/h6-8,10,16H,2-5,9H2,1H3. The van der Waals surface area contributed by atoms with Crippen molar-refractivity contribution in [3.63, 3.8) is 0 Å². The molecule has 0 atom stereocenters. The molecule has 0 unspecified atom stereocenters. The first-order valence-electron chi connectivity index (χ1n) is 6.64. The van der Waals surface area contributed by atoms with Crippen molar-refractivity contribution < 1.29 is 0 Å². The van der Waals surface area contributed by atoms with Crippen molar-refractivity contribution in [3.05, 3.63) is 40.4 Å². The monoisotopic (exact) mass is 258 g/mol. The van der Waals surface area contributed by atoms with E-state index in [1.54, 1.807) is 11.3 Å². The van der Waals surface area contributed by atoms with Crippen molar-refractivity contribution in [1.29, 1.82) is 0 Å². The van der Waals surface area contributed by atoms with Crippen LogP contribution in [0.1, 0.15) is 30.2 Å². The highest BCUT2D eigenvalue weighted by Gasteiger charge is 2.12. The summed E-state index contributed by atoms with van der Waals surface area (Å²) in [7, 11) is 0. The maximum atomic E-state index is 4.70. The van der Waals surface area contributed by atoms with Gasteiger partial charge in [0.25, 0.3) is 0 Å².